The summed E-state index contributed by atoms with van der Waals surface area (Å²) in [7, 11) is 1.80. The Bertz CT molecular complexity index is 261. The molecule has 0 atom stereocenters. The predicted octanol–water partition coefficient (Wildman–Crippen LogP) is 1.22. The normalized spacial score (nSPS) is 19.5. The van der Waals surface area contributed by atoms with Crippen molar-refractivity contribution in [3.05, 3.63) is 35.9 Å². The third-order valence-corrected chi connectivity index (χ3v) is 2.70. The summed E-state index contributed by atoms with van der Waals surface area (Å²) in [5.74, 6) is 0. The van der Waals surface area contributed by atoms with E-state index in [0.29, 0.717) is 0 Å². The monoisotopic (exact) mass is 177 g/mol. The zero-order valence-corrected chi connectivity index (χ0v) is 7.92. The van der Waals surface area contributed by atoms with Crippen LogP contribution in [0.2, 0.25) is 0 Å². The summed E-state index contributed by atoms with van der Waals surface area (Å²) in [6.45, 7) is 1.94. The van der Waals surface area contributed by atoms with E-state index in [2.05, 4.69) is 29.6 Å². The van der Waals surface area contributed by atoms with E-state index in [0.717, 1.165) is 19.5 Å². The van der Waals surface area contributed by atoms with Gasteiger partial charge >= 0.3 is 0 Å². The Hall–Kier alpha value is -0.860. The van der Waals surface area contributed by atoms with Gasteiger partial charge in [-0.2, -0.15) is 0 Å². The zero-order chi connectivity index (χ0) is 9.15. The van der Waals surface area contributed by atoms with Crippen molar-refractivity contribution >= 4 is 0 Å². The van der Waals surface area contributed by atoms with Gasteiger partial charge in [-0.25, -0.2) is 0 Å². The number of benzene rings is 1. The van der Waals surface area contributed by atoms with E-state index in [1.165, 1.54) is 5.56 Å². The fraction of sp³-hybridized carbons (Fsp3) is 0.455. The average molecular weight is 177 g/mol. The second kappa shape index (κ2) is 3.48. The molecular formula is C11H15NO. The molecule has 0 spiro atoms. The van der Waals surface area contributed by atoms with Crippen LogP contribution in [-0.4, -0.2) is 25.8 Å². The number of ether oxygens (including phenoxy) is 1. The standard InChI is InChI=1S/C11H15NO/c1-13-11(8-12-9-11)7-10-5-3-2-4-6-10/h2-6,12H,7-9H2,1H3. The molecule has 0 unspecified atom stereocenters. The van der Waals surface area contributed by atoms with E-state index in [1.807, 2.05) is 6.07 Å². The largest absolute Gasteiger partial charge is 0.375 e. The van der Waals surface area contributed by atoms with E-state index < -0.39 is 0 Å². The number of rotatable bonds is 3. The summed E-state index contributed by atoms with van der Waals surface area (Å²) >= 11 is 0. The molecule has 2 heteroatoms. The van der Waals surface area contributed by atoms with Crippen LogP contribution >= 0.6 is 0 Å². The van der Waals surface area contributed by atoms with Gasteiger partial charge in [0.2, 0.25) is 0 Å². The smallest absolute Gasteiger partial charge is 0.0966 e. The molecule has 1 fully saturated rings. The molecule has 2 nitrogen and oxygen atoms in total. The summed E-state index contributed by atoms with van der Waals surface area (Å²) in [6, 6.07) is 10.5. The van der Waals surface area contributed by atoms with E-state index in [9.17, 15) is 0 Å². The molecule has 0 amide bonds. The first-order valence-electron chi connectivity index (χ1n) is 4.64. The second-order valence-corrected chi connectivity index (χ2v) is 3.65. The molecule has 70 valence electrons. The van der Waals surface area contributed by atoms with E-state index in [-0.39, 0.29) is 5.60 Å². The minimum absolute atomic E-state index is 0.0569. The lowest BCUT2D eigenvalue weighted by Gasteiger charge is -2.41. The molecular weight excluding hydrogens is 162 g/mol. The summed E-state index contributed by atoms with van der Waals surface area (Å²) < 4.78 is 5.52. The molecule has 0 aliphatic carbocycles. The van der Waals surface area contributed by atoms with Gasteiger partial charge in [-0.3, -0.25) is 0 Å². The summed E-state index contributed by atoms with van der Waals surface area (Å²) in [6.07, 6.45) is 1.01. The van der Waals surface area contributed by atoms with Crippen molar-refractivity contribution in [2.75, 3.05) is 20.2 Å². The molecule has 0 bridgehead atoms. The number of nitrogens with one attached hydrogen (secondary N) is 1. The minimum Gasteiger partial charge on any atom is -0.375 e. The van der Waals surface area contributed by atoms with Crippen LogP contribution in [0.25, 0.3) is 0 Å². The predicted molar refractivity (Wildman–Crippen MR) is 52.8 cm³/mol. The van der Waals surface area contributed by atoms with Crippen molar-refractivity contribution in [3.63, 3.8) is 0 Å². The van der Waals surface area contributed by atoms with Gasteiger partial charge in [-0.15, -0.1) is 0 Å². The first kappa shape index (κ1) is 8.73. The zero-order valence-electron chi connectivity index (χ0n) is 7.92. The highest BCUT2D eigenvalue weighted by Gasteiger charge is 2.36. The molecule has 1 aromatic carbocycles. The highest BCUT2D eigenvalue weighted by molar-refractivity contribution is 5.19. The Morgan fingerprint density at radius 2 is 2.00 bits per heavy atom. The summed E-state index contributed by atoms with van der Waals surface area (Å²) in [5, 5.41) is 3.25. The average Bonchev–Trinajstić information content (AvgIpc) is 2.13. The van der Waals surface area contributed by atoms with Gasteiger partial charge < -0.3 is 10.1 Å². The Kier molecular flexibility index (Phi) is 2.34. The molecule has 1 heterocycles. The lowest BCUT2D eigenvalue weighted by molar-refractivity contribution is -0.0502. The SMILES string of the molecule is COC1(Cc2ccccc2)CNC1. The van der Waals surface area contributed by atoms with Crippen LogP contribution in [0.4, 0.5) is 0 Å². The van der Waals surface area contributed by atoms with Crippen LogP contribution < -0.4 is 5.32 Å². The fourth-order valence-corrected chi connectivity index (χ4v) is 1.71. The fourth-order valence-electron chi connectivity index (χ4n) is 1.71. The van der Waals surface area contributed by atoms with Crippen molar-refractivity contribution in [3.8, 4) is 0 Å². The number of methoxy groups -OCH3 is 1. The maximum atomic E-state index is 5.52. The highest BCUT2D eigenvalue weighted by atomic mass is 16.5. The molecule has 2 rings (SSSR count). The molecule has 1 saturated heterocycles. The van der Waals surface area contributed by atoms with Gasteiger partial charge in [0.1, 0.15) is 0 Å². The van der Waals surface area contributed by atoms with Crippen LogP contribution in [0.15, 0.2) is 30.3 Å². The van der Waals surface area contributed by atoms with Gasteiger partial charge in [0.25, 0.3) is 0 Å². The van der Waals surface area contributed by atoms with Gasteiger partial charge in [-0.05, 0) is 5.56 Å². The van der Waals surface area contributed by atoms with Crippen LogP contribution in [0.3, 0.4) is 0 Å². The molecule has 1 aliphatic heterocycles. The maximum absolute atomic E-state index is 5.52. The maximum Gasteiger partial charge on any atom is 0.0966 e. The molecule has 0 aromatic heterocycles. The second-order valence-electron chi connectivity index (χ2n) is 3.65. The van der Waals surface area contributed by atoms with E-state index >= 15 is 0 Å². The Morgan fingerprint density at radius 1 is 1.31 bits per heavy atom. The van der Waals surface area contributed by atoms with Crippen LogP contribution in [0, 0.1) is 0 Å². The Morgan fingerprint density at radius 3 is 2.46 bits per heavy atom. The van der Waals surface area contributed by atoms with Crippen LogP contribution in [0.1, 0.15) is 5.56 Å². The van der Waals surface area contributed by atoms with Crippen molar-refractivity contribution in [2.45, 2.75) is 12.0 Å². The Labute approximate surface area is 78.9 Å². The van der Waals surface area contributed by atoms with Gasteiger partial charge in [-0.1, -0.05) is 30.3 Å². The van der Waals surface area contributed by atoms with Crippen LogP contribution in [0.5, 0.6) is 0 Å². The number of hydrogen-bond acceptors (Lipinski definition) is 2. The quantitative estimate of drug-likeness (QED) is 0.749. The van der Waals surface area contributed by atoms with Gasteiger partial charge in [0.15, 0.2) is 0 Å². The highest BCUT2D eigenvalue weighted by Crippen LogP contribution is 2.21. The molecule has 1 aromatic rings. The molecule has 0 saturated carbocycles. The van der Waals surface area contributed by atoms with Crippen LogP contribution in [-0.2, 0) is 11.2 Å². The molecule has 1 N–H and O–H groups in total. The van der Waals surface area contributed by atoms with Crippen molar-refractivity contribution in [1.29, 1.82) is 0 Å². The lowest BCUT2D eigenvalue weighted by Crippen LogP contribution is -2.61. The lowest BCUT2D eigenvalue weighted by atomic mass is 9.89. The minimum atomic E-state index is 0.0569. The first-order valence-corrected chi connectivity index (χ1v) is 4.64. The first-order chi connectivity index (χ1) is 6.35. The van der Waals surface area contributed by atoms with E-state index in [4.69, 9.17) is 4.74 Å². The Balaban J connectivity index is 2.05. The topological polar surface area (TPSA) is 21.3 Å². The third kappa shape index (κ3) is 1.74. The summed E-state index contributed by atoms with van der Waals surface area (Å²) in [5.41, 5.74) is 1.41. The molecule has 1 aliphatic rings. The van der Waals surface area contributed by atoms with Crippen molar-refractivity contribution in [1.82, 2.24) is 5.32 Å². The summed E-state index contributed by atoms with van der Waals surface area (Å²) in [4.78, 5) is 0. The van der Waals surface area contributed by atoms with Crippen molar-refractivity contribution < 1.29 is 4.74 Å². The van der Waals surface area contributed by atoms with E-state index in [1.54, 1.807) is 7.11 Å². The number of hydrogen-bond donors (Lipinski definition) is 1. The molecule has 13 heavy (non-hydrogen) atoms. The van der Waals surface area contributed by atoms with Gasteiger partial charge in [0, 0.05) is 26.6 Å². The third-order valence-electron chi connectivity index (χ3n) is 2.70. The van der Waals surface area contributed by atoms with Gasteiger partial charge in [0.05, 0.1) is 5.60 Å². The van der Waals surface area contributed by atoms with Crippen molar-refractivity contribution in [2.24, 2.45) is 0 Å². The molecule has 0 radical (unpaired) electrons.